The Morgan fingerprint density at radius 3 is 2.52 bits per heavy atom. The third kappa shape index (κ3) is 3.53. The van der Waals surface area contributed by atoms with Crippen molar-refractivity contribution < 1.29 is 29.0 Å². The summed E-state index contributed by atoms with van der Waals surface area (Å²) < 4.78 is 12.5. The number of aliphatic hydroxyl groups excluding tert-OH is 1. The highest BCUT2D eigenvalue weighted by molar-refractivity contribution is 5.99. The van der Waals surface area contributed by atoms with Gasteiger partial charge in [0, 0.05) is 12.6 Å². The highest BCUT2D eigenvalue weighted by Gasteiger charge is 2.75. The van der Waals surface area contributed by atoms with Gasteiger partial charge < -0.3 is 24.4 Å². The van der Waals surface area contributed by atoms with Gasteiger partial charge in [-0.1, -0.05) is 31.2 Å². The molecule has 2 amide bonds. The summed E-state index contributed by atoms with van der Waals surface area (Å²) in [5, 5.41) is 9.95. The summed E-state index contributed by atoms with van der Waals surface area (Å²) in [7, 11) is 0. The smallest absolute Gasteiger partial charge is 0.313 e. The zero-order chi connectivity index (χ0) is 24.0. The van der Waals surface area contributed by atoms with Crippen LogP contribution in [-0.2, 0) is 23.9 Å². The maximum Gasteiger partial charge on any atom is 0.313 e. The van der Waals surface area contributed by atoms with Gasteiger partial charge in [0.15, 0.2) is 0 Å². The van der Waals surface area contributed by atoms with Crippen LogP contribution in [0.15, 0.2) is 24.3 Å². The van der Waals surface area contributed by atoms with Crippen LogP contribution in [0.3, 0.4) is 0 Å². The zero-order valence-electron chi connectivity index (χ0n) is 20.0. The fourth-order valence-corrected chi connectivity index (χ4v) is 6.02. The number of carbonyl (C=O) groups excluding carboxylic acids is 3. The molecule has 2 saturated heterocycles. The van der Waals surface area contributed by atoms with Crippen LogP contribution in [-0.4, -0.2) is 81.8 Å². The predicted octanol–water partition coefficient (Wildman–Crippen LogP) is 1.82. The molecule has 0 aromatic heterocycles. The van der Waals surface area contributed by atoms with Gasteiger partial charge >= 0.3 is 5.97 Å². The third-order valence-electron chi connectivity index (χ3n) is 7.71. The Bertz CT molecular complexity index is 869. The van der Waals surface area contributed by atoms with Gasteiger partial charge in [-0.15, -0.1) is 0 Å². The van der Waals surface area contributed by atoms with Crippen LogP contribution in [0.2, 0.25) is 0 Å². The van der Waals surface area contributed by atoms with Crippen LogP contribution < -0.4 is 0 Å². The lowest BCUT2D eigenvalue weighted by atomic mass is 9.73. The number of allylic oxidation sites excluding steroid dienone is 1. The average Bonchev–Trinajstić information content (AvgIpc) is 3.15. The monoisotopic (exact) mass is 460 g/mol. The first kappa shape index (κ1) is 24.0. The Morgan fingerprint density at radius 2 is 1.85 bits per heavy atom. The molecule has 182 valence electrons. The van der Waals surface area contributed by atoms with E-state index in [4.69, 9.17) is 9.47 Å². The Hall–Kier alpha value is -2.19. The predicted molar refractivity (Wildman–Crippen MR) is 121 cm³/mol. The minimum atomic E-state index is -1.31. The average molecular weight is 461 g/mol. The van der Waals surface area contributed by atoms with Crippen molar-refractivity contribution in [2.45, 2.75) is 82.7 Å². The molecule has 1 spiro atoms. The summed E-state index contributed by atoms with van der Waals surface area (Å²) in [6, 6.07) is -1.63. The highest BCUT2D eigenvalue weighted by Crippen LogP contribution is 2.58. The number of aliphatic hydroxyl groups is 1. The molecule has 0 bridgehead atoms. The second-order valence-electron chi connectivity index (χ2n) is 9.95. The van der Waals surface area contributed by atoms with E-state index in [1.165, 1.54) is 4.90 Å². The normalized spacial score (nSPS) is 38.5. The zero-order valence-corrected chi connectivity index (χ0v) is 20.0. The first-order valence-corrected chi connectivity index (χ1v) is 12.2. The number of amides is 2. The number of fused-ring (bicyclic) bond motifs is 2. The number of hydrogen-bond donors (Lipinski definition) is 1. The lowest BCUT2D eigenvalue weighted by Gasteiger charge is -2.40. The Kier molecular flexibility index (Phi) is 6.44. The molecule has 8 nitrogen and oxygen atoms in total. The van der Waals surface area contributed by atoms with Gasteiger partial charge in [0.05, 0.1) is 25.2 Å². The topological polar surface area (TPSA) is 96.4 Å². The maximum atomic E-state index is 14.0. The molecule has 0 aromatic carbocycles. The van der Waals surface area contributed by atoms with Crippen molar-refractivity contribution in [3.8, 4) is 0 Å². The van der Waals surface area contributed by atoms with Crippen LogP contribution in [0.5, 0.6) is 0 Å². The first-order chi connectivity index (χ1) is 15.7. The van der Waals surface area contributed by atoms with Crippen LogP contribution in [0.25, 0.3) is 0 Å². The molecule has 2 fully saturated rings. The van der Waals surface area contributed by atoms with E-state index in [2.05, 4.69) is 0 Å². The van der Waals surface area contributed by atoms with Gasteiger partial charge in [0.25, 0.3) is 0 Å². The quantitative estimate of drug-likeness (QED) is 0.508. The summed E-state index contributed by atoms with van der Waals surface area (Å²) in [6.07, 6.45) is 10.6. The second-order valence-corrected chi connectivity index (χ2v) is 9.95. The standard InChI is InChI=1S/C25H36N2O6/c1-5-24-11-8-6-7-9-14-32-23(31)19(24)18-21(29)27(17(4)15-28)20-22(30)26(16(2)3)13-10-12-25(18,20)33-24/h8,10-12,16-20,28H,5-7,9,13-15H2,1-4H3/b11-8-/t17-,18+,19-,20?,24+,25+/m1/s1. The van der Waals surface area contributed by atoms with E-state index in [1.54, 1.807) is 11.8 Å². The summed E-state index contributed by atoms with van der Waals surface area (Å²) >= 11 is 0. The molecule has 0 radical (unpaired) electrons. The van der Waals surface area contributed by atoms with Crippen molar-refractivity contribution >= 4 is 17.8 Å². The number of rotatable bonds is 4. The number of esters is 1. The van der Waals surface area contributed by atoms with Gasteiger partial charge in [-0.05, 0) is 46.5 Å². The molecule has 33 heavy (non-hydrogen) atoms. The van der Waals surface area contributed by atoms with Gasteiger partial charge in [0.2, 0.25) is 11.8 Å². The first-order valence-electron chi connectivity index (χ1n) is 12.2. The van der Waals surface area contributed by atoms with Crippen molar-refractivity contribution in [1.29, 1.82) is 0 Å². The van der Waals surface area contributed by atoms with E-state index in [-0.39, 0.29) is 24.5 Å². The Labute approximate surface area is 195 Å². The summed E-state index contributed by atoms with van der Waals surface area (Å²) in [5.74, 6) is -2.79. The number of carbonyl (C=O) groups is 3. The summed E-state index contributed by atoms with van der Waals surface area (Å²) in [5.41, 5.74) is -2.35. The van der Waals surface area contributed by atoms with E-state index >= 15 is 0 Å². The van der Waals surface area contributed by atoms with Gasteiger partial charge in [0.1, 0.15) is 23.2 Å². The van der Waals surface area contributed by atoms with E-state index < -0.39 is 41.1 Å². The minimum Gasteiger partial charge on any atom is -0.465 e. The molecule has 4 rings (SSSR count). The van der Waals surface area contributed by atoms with Crippen LogP contribution in [0, 0.1) is 11.8 Å². The maximum absolute atomic E-state index is 14.0. The van der Waals surface area contributed by atoms with Crippen molar-refractivity contribution in [3.63, 3.8) is 0 Å². The number of likely N-dealkylation sites (tertiary alicyclic amines) is 1. The molecule has 0 saturated carbocycles. The number of nitrogens with zero attached hydrogens (tertiary/aromatic N) is 2. The van der Waals surface area contributed by atoms with Gasteiger partial charge in [-0.2, -0.15) is 0 Å². The highest BCUT2D eigenvalue weighted by atomic mass is 16.6. The van der Waals surface area contributed by atoms with Crippen molar-refractivity contribution in [3.05, 3.63) is 24.3 Å². The molecule has 1 N–H and O–H groups in total. The lowest BCUT2D eigenvalue weighted by molar-refractivity contribution is -0.163. The minimum absolute atomic E-state index is 0.0789. The van der Waals surface area contributed by atoms with Crippen LogP contribution in [0.1, 0.15) is 53.4 Å². The molecular formula is C25H36N2O6. The molecule has 1 unspecified atom stereocenters. The van der Waals surface area contributed by atoms with Crippen molar-refractivity contribution in [1.82, 2.24) is 9.80 Å². The Morgan fingerprint density at radius 1 is 1.09 bits per heavy atom. The van der Waals surface area contributed by atoms with Gasteiger partial charge in [-0.25, -0.2) is 0 Å². The van der Waals surface area contributed by atoms with E-state index in [0.717, 1.165) is 19.3 Å². The molecule has 4 heterocycles. The molecule has 0 aromatic rings. The third-order valence-corrected chi connectivity index (χ3v) is 7.71. The van der Waals surface area contributed by atoms with Crippen LogP contribution >= 0.6 is 0 Å². The summed E-state index contributed by atoms with van der Waals surface area (Å²) in [4.78, 5) is 44.5. The molecular weight excluding hydrogens is 424 g/mol. The van der Waals surface area contributed by atoms with Crippen molar-refractivity contribution in [2.24, 2.45) is 11.8 Å². The molecule has 4 aliphatic rings. The fourth-order valence-electron chi connectivity index (χ4n) is 6.02. The van der Waals surface area contributed by atoms with E-state index in [1.807, 2.05) is 45.1 Å². The second kappa shape index (κ2) is 8.87. The fraction of sp³-hybridized carbons (Fsp3) is 0.720. The van der Waals surface area contributed by atoms with Crippen LogP contribution in [0.4, 0.5) is 0 Å². The SMILES string of the molecule is CC[C@]12/C=C\CCCCOC(=O)[C@H]1[C@H]1C(=O)N([C@H](C)CO)C3C(=O)N(C(C)C)CC=C[C@@]31O2. The Balaban J connectivity index is 1.92. The lowest BCUT2D eigenvalue weighted by Crippen LogP contribution is -2.59. The van der Waals surface area contributed by atoms with E-state index in [9.17, 15) is 19.5 Å². The molecule has 0 aliphatic carbocycles. The van der Waals surface area contributed by atoms with E-state index in [0.29, 0.717) is 19.6 Å². The summed E-state index contributed by atoms with van der Waals surface area (Å²) in [6.45, 7) is 7.91. The largest absolute Gasteiger partial charge is 0.465 e. The molecule has 6 atom stereocenters. The molecule has 8 heteroatoms. The number of hydrogen-bond acceptors (Lipinski definition) is 6. The van der Waals surface area contributed by atoms with Gasteiger partial charge in [-0.3, -0.25) is 14.4 Å². The molecule has 4 aliphatic heterocycles. The number of ether oxygens (including phenoxy) is 2. The number of cyclic esters (lactones) is 1. The van der Waals surface area contributed by atoms with Crippen molar-refractivity contribution in [2.75, 3.05) is 19.8 Å².